The SMILES string of the molecule is CCCOc1ccc(/C=C/C(=O)NCc2ccc(CN3CCCC3)cc2)cc1OC. The molecule has 2 aromatic rings. The molecule has 30 heavy (non-hydrogen) atoms. The van der Waals surface area contributed by atoms with Gasteiger partial charge in [0, 0.05) is 19.2 Å². The number of methoxy groups -OCH3 is 1. The van der Waals surface area contributed by atoms with Crippen LogP contribution >= 0.6 is 0 Å². The minimum Gasteiger partial charge on any atom is -0.493 e. The van der Waals surface area contributed by atoms with Crippen LogP contribution in [-0.4, -0.2) is 37.6 Å². The Kier molecular flexibility index (Phi) is 8.33. The number of hydrogen-bond donors (Lipinski definition) is 1. The number of carbonyl (C=O) groups excluding carboxylic acids is 1. The number of benzene rings is 2. The number of nitrogens with one attached hydrogen (secondary N) is 1. The Bertz CT molecular complexity index is 840. The summed E-state index contributed by atoms with van der Waals surface area (Å²) >= 11 is 0. The normalized spacial score (nSPS) is 14.2. The third-order valence-corrected chi connectivity index (χ3v) is 5.17. The summed E-state index contributed by atoms with van der Waals surface area (Å²) in [4.78, 5) is 14.7. The van der Waals surface area contributed by atoms with Gasteiger partial charge >= 0.3 is 0 Å². The van der Waals surface area contributed by atoms with Crippen molar-refractivity contribution in [1.82, 2.24) is 10.2 Å². The molecule has 1 aliphatic heterocycles. The largest absolute Gasteiger partial charge is 0.493 e. The van der Waals surface area contributed by atoms with Gasteiger partial charge in [0.1, 0.15) is 0 Å². The Morgan fingerprint density at radius 1 is 1.07 bits per heavy atom. The number of rotatable bonds is 10. The van der Waals surface area contributed by atoms with Gasteiger partial charge < -0.3 is 14.8 Å². The van der Waals surface area contributed by atoms with Crippen molar-refractivity contribution in [3.63, 3.8) is 0 Å². The zero-order chi connectivity index (χ0) is 21.2. The average molecular weight is 409 g/mol. The summed E-state index contributed by atoms with van der Waals surface area (Å²) in [7, 11) is 1.62. The Hall–Kier alpha value is -2.79. The van der Waals surface area contributed by atoms with Crippen LogP contribution in [0.15, 0.2) is 48.5 Å². The van der Waals surface area contributed by atoms with Gasteiger partial charge in [0.25, 0.3) is 0 Å². The maximum Gasteiger partial charge on any atom is 0.244 e. The quantitative estimate of drug-likeness (QED) is 0.592. The molecule has 0 atom stereocenters. The molecule has 1 heterocycles. The Balaban J connectivity index is 1.48. The Morgan fingerprint density at radius 2 is 1.80 bits per heavy atom. The number of carbonyl (C=O) groups is 1. The third kappa shape index (κ3) is 6.63. The first kappa shape index (κ1) is 21.9. The lowest BCUT2D eigenvalue weighted by molar-refractivity contribution is -0.116. The van der Waals surface area contributed by atoms with Crippen LogP contribution in [0, 0.1) is 0 Å². The summed E-state index contributed by atoms with van der Waals surface area (Å²) < 4.78 is 11.0. The van der Waals surface area contributed by atoms with Gasteiger partial charge in [0.05, 0.1) is 13.7 Å². The molecule has 0 aliphatic carbocycles. The summed E-state index contributed by atoms with van der Waals surface area (Å²) in [6, 6.07) is 14.2. The molecule has 1 amide bonds. The van der Waals surface area contributed by atoms with E-state index in [2.05, 4.69) is 41.4 Å². The van der Waals surface area contributed by atoms with Crippen LogP contribution in [0.5, 0.6) is 11.5 Å². The van der Waals surface area contributed by atoms with E-state index in [1.165, 1.54) is 31.5 Å². The predicted molar refractivity (Wildman–Crippen MR) is 121 cm³/mol. The fourth-order valence-electron chi connectivity index (χ4n) is 3.50. The summed E-state index contributed by atoms with van der Waals surface area (Å²) in [6.07, 6.45) is 6.87. The van der Waals surface area contributed by atoms with Gasteiger partial charge in [-0.15, -0.1) is 0 Å². The van der Waals surface area contributed by atoms with Gasteiger partial charge in [-0.3, -0.25) is 9.69 Å². The molecule has 5 nitrogen and oxygen atoms in total. The van der Waals surface area contributed by atoms with Crippen LogP contribution in [0.1, 0.15) is 42.9 Å². The smallest absolute Gasteiger partial charge is 0.244 e. The molecule has 0 unspecified atom stereocenters. The number of amides is 1. The molecule has 1 aliphatic rings. The van der Waals surface area contributed by atoms with Crippen molar-refractivity contribution in [3.05, 3.63) is 65.2 Å². The van der Waals surface area contributed by atoms with Crippen LogP contribution in [-0.2, 0) is 17.9 Å². The van der Waals surface area contributed by atoms with Gasteiger partial charge in [-0.2, -0.15) is 0 Å². The van der Waals surface area contributed by atoms with Gasteiger partial charge in [-0.25, -0.2) is 0 Å². The van der Waals surface area contributed by atoms with Crippen LogP contribution in [0.4, 0.5) is 0 Å². The molecule has 160 valence electrons. The van der Waals surface area contributed by atoms with E-state index in [4.69, 9.17) is 9.47 Å². The number of ether oxygens (including phenoxy) is 2. The van der Waals surface area contributed by atoms with E-state index < -0.39 is 0 Å². The molecule has 0 radical (unpaired) electrons. The summed E-state index contributed by atoms with van der Waals surface area (Å²) in [6.45, 7) is 6.63. The van der Waals surface area contributed by atoms with Crippen molar-refractivity contribution in [2.24, 2.45) is 0 Å². The molecule has 1 N–H and O–H groups in total. The highest BCUT2D eigenvalue weighted by molar-refractivity contribution is 5.91. The molecule has 3 rings (SSSR count). The summed E-state index contributed by atoms with van der Waals surface area (Å²) in [5.74, 6) is 1.26. The van der Waals surface area contributed by atoms with Gasteiger partial charge in [-0.1, -0.05) is 37.3 Å². The number of nitrogens with zero attached hydrogens (tertiary/aromatic N) is 1. The van der Waals surface area contributed by atoms with Crippen LogP contribution in [0.2, 0.25) is 0 Å². The Labute approximate surface area is 179 Å². The first-order chi connectivity index (χ1) is 14.7. The van der Waals surface area contributed by atoms with Crippen LogP contribution in [0.3, 0.4) is 0 Å². The van der Waals surface area contributed by atoms with Crippen LogP contribution < -0.4 is 14.8 Å². The van der Waals surface area contributed by atoms with Crippen molar-refractivity contribution in [2.75, 3.05) is 26.8 Å². The number of hydrogen-bond acceptors (Lipinski definition) is 4. The van der Waals surface area contributed by atoms with E-state index >= 15 is 0 Å². The van der Waals surface area contributed by atoms with Crippen molar-refractivity contribution in [1.29, 1.82) is 0 Å². The molecule has 1 fully saturated rings. The summed E-state index contributed by atoms with van der Waals surface area (Å²) in [5.41, 5.74) is 3.31. The third-order valence-electron chi connectivity index (χ3n) is 5.17. The van der Waals surface area contributed by atoms with Gasteiger partial charge in [-0.05, 0) is 67.3 Å². The maximum absolute atomic E-state index is 12.2. The molecular formula is C25H32N2O3. The van der Waals surface area contributed by atoms with E-state index in [1.807, 2.05) is 18.2 Å². The zero-order valence-corrected chi connectivity index (χ0v) is 18.0. The van der Waals surface area contributed by atoms with Crippen molar-refractivity contribution < 1.29 is 14.3 Å². The topological polar surface area (TPSA) is 50.8 Å². The molecule has 0 bridgehead atoms. The first-order valence-electron chi connectivity index (χ1n) is 10.7. The first-order valence-corrected chi connectivity index (χ1v) is 10.7. The minimum atomic E-state index is -0.124. The van der Waals surface area contributed by atoms with Crippen LogP contribution in [0.25, 0.3) is 6.08 Å². The lowest BCUT2D eigenvalue weighted by atomic mass is 10.1. The molecular weight excluding hydrogens is 376 g/mol. The van der Waals surface area contributed by atoms with E-state index in [0.29, 0.717) is 24.7 Å². The highest BCUT2D eigenvalue weighted by Crippen LogP contribution is 2.28. The molecule has 0 aromatic heterocycles. The van der Waals surface area contributed by atoms with E-state index in [0.717, 1.165) is 24.1 Å². The second-order valence-electron chi connectivity index (χ2n) is 7.61. The molecule has 0 spiro atoms. The highest BCUT2D eigenvalue weighted by atomic mass is 16.5. The van der Waals surface area contributed by atoms with E-state index in [1.54, 1.807) is 19.3 Å². The van der Waals surface area contributed by atoms with E-state index in [-0.39, 0.29) is 5.91 Å². The summed E-state index contributed by atoms with van der Waals surface area (Å²) in [5, 5.41) is 2.94. The lowest BCUT2D eigenvalue weighted by Gasteiger charge is -2.14. The predicted octanol–water partition coefficient (Wildman–Crippen LogP) is 4.41. The van der Waals surface area contributed by atoms with Crippen molar-refractivity contribution in [3.8, 4) is 11.5 Å². The van der Waals surface area contributed by atoms with Crippen molar-refractivity contribution >= 4 is 12.0 Å². The second kappa shape index (κ2) is 11.4. The number of likely N-dealkylation sites (tertiary alicyclic amines) is 1. The maximum atomic E-state index is 12.2. The lowest BCUT2D eigenvalue weighted by Crippen LogP contribution is -2.20. The van der Waals surface area contributed by atoms with Gasteiger partial charge in [0.2, 0.25) is 5.91 Å². The van der Waals surface area contributed by atoms with E-state index in [9.17, 15) is 4.79 Å². The monoisotopic (exact) mass is 408 g/mol. The zero-order valence-electron chi connectivity index (χ0n) is 18.0. The fourth-order valence-corrected chi connectivity index (χ4v) is 3.50. The molecule has 5 heteroatoms. The molecule has 0 saturated carbocycles. The minimum absolute atomic E-state index is 0.124. The highest BCUT2D eigenvalue weighted by Gasteiger charge is 2.11. The molecule has 2 aromatic carbocycles. The Morgan fingerprint density at radius 3 is 2.50 bits per heavy atom. The van der Waals surface area contributed by atoms with Gasteiger partial charge in [0.15, 0.2) is 11.5 Å². The standard InChI is InChI=1S/C25H32N2O3/c1-3-16-30-23-12-10-20(17-24(23)29-2)11-13-25(28)26-18-21-6-8-22(9-7-21)19-27-14-4-5-15-27/h6-13,17H,3-5,14-16,18-19H2,1-2H3,(H,26,28)/b13-11+. The fraction of sp³-hybridized carbons (Fsp3) is 0.400. The second-order valence-corrected chi connectivity index (χ2v) is 7.61. The average Bonchev–Trinajstić information content (AvgIpc) is 3.29. The molecule has 1 saturated heterocycles. The van der Waals surface area contributed by atoms with Crippen molar-refractivity contribution in [2.45, 2.75) is 39.3 Å².